The Kier molecular flexibility index (Phi) is 6.57. The third-order valence-electron chi connectivity index (χ3n) is 3.37. The number of benzene rings is 1. The van der Waals surface area contributed by atoms with E-state index in [2.05, 4.69) is 25.3 Å². The van der Waals surface area contributed by atoms with Gasteiger partial charge in [0.05, 0.1) is 5.69 Å². The minimum absolute atomic E-state index is 0.0746. The first-order valence-electron chi connectivity index (χ1n) is 7.87. The molecular weight excluding hydrogens is 346 g/mol. The van der Waals surface area contributed by atoms with Crippen LogP contribution in [0.5, 0.6) is 0 Å². The smallest absolute Gasteiger partial charge is 0.404 e. The van der Waals surface area contributed by atoms with Gasteiger partial charge in [-0.25, -0.2) is 9.78 Å². The monoisotopic (exact) mass is 367 g/mol. The molecule has 0 aliphatic rings. The molecule has 1 aromatic heterocycles. The summed E-state index contributed by atoms with van der Waals surface area (Å²) < 4.78 is 7.06. The third-order valence-corrected chi connectivity index (χ3v) is 4.72. The van der Waals surface area contributed by atoms with Crippen molar-refractivity contribution in [3.8, 4) is 0 Å². The first kappa shape index (κ1) is 18.7. The Hall–Kier alpha value is -1.66. The average molecular weight is 368 g/mol. The number of amides is 1. The Bertz CT molecular complexity index is 716. The van der Waals surface area contributed by atoms with Crippen LogP contribution in [-0.2, 0) is 17.9 Å². The van der Waals surface area contributed by atoms with E-state index in [1.54, 1.807) is 11.8 Å². The molecule has 1 heterocycles. The predicted octanol–water partition coefficient (Wildman–Crippen LogP) is 4.82. The highest BCUT2D eigenvalue weighted by molar-refractivity contribution is 7.99. The van der Waals surface area contributed by atoms with Crippen LogP contribution < -0.4 is 5.73 Å². The van der Waals surface area contributed by atoms with Crippen LogP contribution in [-0.4, -0.2) is 15.6 Å². The number of hydrogen-bond acceptors (Lipinski definition) is 4. The van der Waals surface area contributed by atoms with E-state index in [4.69, 9.17) is 27.1 Å². The number of ether oxygens (including phenoxy) is 1. The molecule has 0 radical (unpaired) electrons. The number of carbonyl (C=O) groups excluding carboxylic acids is 1. The number of carbonyl (C=O) groups is 1. The minimum atomic E-state index is -0.795. The molecule has 7 heteroatoms. The Labute approximate surface area is 151 Å². The van der Waals surface area contributed by atoms with E-state index >= 15 is 0 Å². The van der Waals surface area contributed by atoms with E-state index in [1.165, 1.54) is 0 Å². The van der Waals surface area contributed by atoms with E-state index in [0.29, 0.717) is 10.8 Å². The molecule has 5 nitrogen and oxygen atoms in total. The lowest BCUT2D eigenvalue weighted by Gasteiger charge is -2.12. The van der Waals surface area contributed by atoms with Gasteiger partial charge in [0.25, 0.3) is 0 Å². The maximum Gasteiger partial charge on any atom is 0.404 e. The van der Waals surface area contributed by atoms with Crippen molar-refractivity contribution in [3.63, 3.8) is 0 Å². The van der Waals surface area contributed by atoms with Gasteiger partial charge in [0.2, 0.25) is 0 Å². The van der Waals surface area contributed by atoms with Crippen molar-refractivity contribution in [1.82, 2.24) is 9.55 Å². The summed E-state index contributed by atoms with van der Waals surface area (Å²) in [5.41, 5.74) is 6.07. The normalized spacial score (nSPS) is 11.0. The molecule has 0 spiro atoms. The number of hydrogen-bond donors (Lipinski definition) is 1. The van der Waals surface area contributed by atoms with Crippen LogP contribution in [0.15, 0.2) is 34.2 Å². The first-order valence-corrected chi connectivity index (χ1v) is 9.06. The zero-order chi connectivity index (χ0) is 17.7. The fourth-order valence-electron chi connectivity index (χ4n) is 2.33. The molecule has 130 valence electrons. The molecule has 2 rings (SSSR count). The molecular formula is C17H22ClN3O2S. The van der Waals surface area contributed by atoms with Gasteiger partial charge in [-0.2, -0.15) is 0 Å². The summed E-state index contributed by atoms with van der Waals surface area (Å²) in [6.07, 6.45) is 0.150. The maximum absolute atomic E-state index is 10.9. The summed E-state index contributed by atoms with van der Waals surface area (Å²) >= 11 is 7.72. The molecule has 2 aromatic rings. The lowest BCUT2D eigenvalue weighted by Crippen LogP contribution is -2.15. The molecule has 0 fully saturated rings. The summed E-state index contributed by atoms with van der Waals surface area (Å²) in [5, 5.41) is 1.75. The number of aromatic nitrogens is 2. The quantitative estimate of drug-likeness (QED) is 0.761. The topological polar surface area (TPSA) is 70.1 Å². The van der Waals surface area contributed by atoms with Gasteiger partial charge in [-0.1, -0.05) is 50.2 Å². The number of nitrogens with two attached hydrogens (primary N) is 1. The van der Waals surface area contributed by atoms with Crippen LogP contribution in [0.3, 0.4) is 0 Å². The average Bonchev–Trinajstić information content (AvgIpc) is 2.84. The fourth-order valence-corrected chi connectivity index (χ4v) is 3.83. The summed E-state index contributed by atoms with van der Waals surface area (Å²) in [7, 11) is 0. The lowest BCUT2D eigenvalue weighted by molar-refractivity contribution is 0.145. The predicted molar refractivity (Wildman–Crippen MR) is 96.6 cm³/mol. The molecule has 2 N–H and O–H groups in total. The minimum Gasteiger partial charge on any atom is -0.442 e. The van der Waals surface area contributed by atoms with Crippen LogP contribution in [0.4, 0.5) is 4.79 Å². The van der Waals surface area contributed by atoms with E-state index in [1.807, 2.05) is 24.3 Å². The molecule has 0 atom stereocenters. The summed E-state index contributed by atoms with van der Waals surface area (Å²) in [4.78, 5) is 16.7. The molecule has 0 aliphatic heterocycles. The number of halogens is 1. The molecule has 0 saturated carbocycles. The van der Waals surface area contributed by atoms with Crippen LogP contribution in [0, 0.1) is 0 Å². The van der Waals surface area contributed by atoms with Gasteiger partial charge in [-0.3, -0.25) is 0 Å². The van der Waals surface area contributed by atoms with Crippen molar-refractivity contribution in [2.24, 2.45) is 5.73 Å². The van der Waals surface area contributed by atoms with Crippen LogP contribution in [0.1, 0.15) is 44.6 Å². The van der Waals surface area contributed by atoms with Crippen molar-refractivity contribution < 1.29 is 9.53 Å². The Balaban J connectivity index is 2.43. The van der Waals surface area contributed by atoms with Crippen LogP contribution in [0.25, 0.3) is 0 Å². The van der Waals surface area contributed by atoms with E-state index in [9.17, 15) is 4.79 Å². The highest BCUT2D eigenvalue weighted by atomic mass is 35.5. The molecule has 0 aliphatic carbocycles. The molecule has 0 saturated heterocycles. The highest BCUT2D eigenvalue weighted by Gasteiger charge is 2.20. The molecule has 1 amide bonds. The largest absolute Gasteiger partial charge is 0.442 e. The first-order chi connectivity index (χ1) is 11.4. The van der Waals surface area contributed by atoms with Gasteiger partial charge in [0, 0.05) is 16.5 Å². The Morgan fingerprint density at radius 3 is 2.79 bits per heavy atom. The van der Waals surface area contributed by atoms with Crippen molar-refractivity contribution >= 4 is 29.5 Å². The van der Waals surface area contributed by atoms with Crippen molar-refractivity contribution in [3.05, 3.63) is 40.8 Å². The highest BCUT2D eigenvalue weighted by Crippen LogP contribution is 2.36. The van der Waals surface area contributed by atoms with Crippen LogP contribution in [0.2, 0.25) is 5.02 Å². The van der Waals surface area contributed by atoms with Crippen LogP contribution >= 0.6 is 23.4 Å². The van der Waals surface area contributed by atoms with Crippen molar-refractivity contribution in [2.75, 3.05) is 0 Å². The van der Waals surface area contributed by atoms with Gasteiger partial charge >= 0.3 is 6.09 Å². The zero-order valence-electron chi connectivity index (χ0n) is 14.1. The Morgan fingerprint density at radius 2 is 2.21 bits per heavy atom. The third kappa shape index (κ3) is 4.68. The maximum atomic E-state index is 10.9. The van der Waals surface area contributed by atoms with E-state index in [-0.39, 0.29) is 12.5 Å². The molecule has 0 bridgehead atoms. The molecule has 1 aromatic carbocycles. The summed E-state index contributed by atoms with van der Waals surface area (Å²) in [6.45, 7) is 7.16. The van der Waals surface area contributed by atoms with E-state index < -0.39 is 6.09 Å². The second-order valence-electron chi connectivity index (χ2n) is 5.69. The van der Waals surface area contributed by atoms with Gasteiger partial charge in [-0.05, 0) is 30.5 Å². The van der Waals surface area contributed by atoms with Crippen molar-refractivity contribution in [1.29, 1.82) is 0 Å². The lowest BCUT2D eigenvalue weighted by atomic mass is 10.1. The van der Waals surface area contributed by atoms with Gasteiger partial charge < -0.3 is 15.0 Å². The molecule has 0 unspecified atom stereocenters. The van der Waals surface area contributed by atoms with Crippen molar-refractivity contribution in [2.45, 2.75) is 56.2 Å². The summed E-state index contributed by atoms with van der Waals surface area (Å²) in [5.74, 6) is 0.959. The zero-order valence-corrected chi connectivity index (χ0v) is 15.7. The standard InChI is InChI=1S/C17H22ClN3O2S/c1-4-8-21-14(10-23-17(19)22)20-15(11(2)3)16(21)24-13-7-5-6-12(18)9-13/h5-7,9,11H,4,8,10H2,1-3H3,(H2,19,22). The summed E-state index contributed by atoms with van der Waals surface area (Å²) in [6, 6.07) is 7.73. The van der Waals surface area contributed by atoms with E-state index in [0.717, 1.165) is 28.6 Å². The SMILES string of the molecule is CCCn1c(COC(N)=O)nc(C(C)C)c1Sc1cccc(Cl)c1. The second kappa shape index (κ2) is 8.44. The van der Waals surface area contributed by atoms with Gasteiger partial charge in [-0.15, -0.1) is 0 Å². The fraction of sp³-hybridized carbons (Fsp3) is 0.412. The number of nitrogens with zero attached hydrogens (tertiary/aromatic N) is 2. The number of primary amides is 1. The second-order valence-corrected chi connectivity index (χ2v) is 7.19. The van der Waals surface area contributed by atoms with Gasteiger partial charge in [0.15, 0.2) is 6.61 Å². The van der Waals surface area contributed by atoms with Gasteiger partial charge in [0.1, 0.15) is 10.9 Å². The number of imidazole rings is 1. The Morgan fingerprint density at radius 1 is 1.46 bits per heavy atom. The number of rotatable bonds is 7. The molecule has 24 heavy (non-hydrogen) atoms.